The number of aryl methyl sites for hydroxylation is 1. The van der Waals surface area contributed by atoms with E-state index in [1.54, 1.807) is 13.0 Å². The minimum absolute atomic E-state index is 0.173. The number of amides is 1. The number of nitrogens with zero attached hydrogens (tertiary/aromatic N) is 2. The molecular formula is C18H18N4O3. The van der Waals surface area contributed by atoms with Crippen LogP contribution in [0, 0.1) is 6.92 Å². The van der Waals surface area contributed by atoms with Gasteiger partial charge in [0.15, 0.2) is 0 Å². The van der Waals surface area contributed by atoms with Gasteiger partial charge in [-0.3, -0.25) is 14.9 Å². The number of hydrogen-bond acceptors (Lipinski definition) is 5. The highest BCUT2D eigenvalue weighted by Crippen LogP contribution is 2.28. The van der Waals surface area contributed by atoms with Crippen molar-refractivity contribution in [3.63, 3.8) is 0 Å². The molecule has 0 radical (unpaired) electrons. The molecular weight excluding hydrogens is 320 g/mol. The first-order valence-corrected chi connectivity index (χ1v) is 8.25. The lowest BCUT2D eigenvalue weighted by molar-refractivity contribution is -0.112. The number of benzene rings is 1. The van der Waals surface area contributed by atoms with Gasteiger partial charge >= 0.3 is 0 Å². The van der Waals surface area contributed by atoms with Crippen molar-refractivity contribution >= 4 is 28.5 Å². The number of rotatable bonds is 3. The monoisotopic (exact) mass is 338 g/mol. The van der Waals surface area contributed by atoms with Gasteiger partial charge in [-0.15, -0.1) is 0 Å². The van der Waals surface area contributed by atoms with Gasteiger partial charge < -0.3 is 14.4 Å². The van der Waals surface area contributed by atoms with Crippen LogP contribution in [0.2, 0.25) is 0 Å². The lowest BCUT2D eigenvalue weighted by atomic mass is 10.0. The second-order valence-electron chi connectivity index (χ2n) is 6.11. The lowest BCUT2D eigenvalue weighted by Gasteiger charge is -2.06. The van der Waals surface area contributed by atoms with Crippen molar-refractivity contribution in [2.45, 2.75) is 19.9 Å². The van der Waals surface area contributed by atoms with Crippen LogP contribution < -0.4 is 10.6 Å². The Balaban J connectivity index is 1.76. The molecule has 1 amide bonds. The second kappa shape index (κ2) is 6.18. The van der Waals surface area contributed by atoms with Gasteiger partial charge in [0.25, 0.3) is 11.7 Å². The largest absolute Gasteiger partial charge is 0.343 e. The molecule has 0 unspecified atom stereocenters. The van der Waals surface area contributed by atoms with Crippen LogP contribution in [0.25, 0.3) is 10.9 Å². The van der Waals surface area contributed by atoms with Crippen molar-refractivity contribution in [1.29, 1.82) is 0 Å². The van der Waals surface area contributed by atoms with E-state index in [1.165, 1.54) is 0 Å². The predicted molar refractivity (Wildman–Crippen MR) is 92.7 cm³/mol. The molecule has 128 valence electrons. The summed E-state index contributed by atoms with van der Waals surface area (Å²) in [4.78, 5) is 25.4. The fraction of sp³-hybridized carbons (Fsp3) is 0.278. The number of ketones is 1. The summed E-state index contributed by atoms with van der Waals surface area (Å²) in [5.41, 5.74) is 3.00. The molecule has 0 bridgehead atoms. The number of anilines is 1. The highest BCUT2D eigenvalue weighted by Gasteiger charge is 2.28. The molecule has 2 N–H and O–H groups in total. The molecule has 0 saturated carbocycles. The third kappa shape index (κ3) is 2.72. The Labute approximate surface area is 144 Å². The molecule has 3 heterocycles. The van der Waals surface area contributed by atoms with Crippen LogP contribution in [-0.4, -0.2) is 34.5 Å². The zero-order valence-electron chi connectivity index (χ0n) is 13.8. The van der Waals surface area contributed by atoms with E-state index in [4.69, 9.17) is 4.52 Å². The third-order valence-corrected chi connectivity index (χ3v) is 4.43. The second-order valence-corrected chi connectivity index (χ2v) is 6.11. The van der Waals surface area contributed by atoms with Gasteiger partial charge in [0, 0.05) is 48.7 Å². The van der Waals surface area contributed by atoms with E-state index >= 15 is 0 Å². The van der Waals surface area contributed by atoms with Crippen molar-refractivity contribution < 1.29 is 14.1 Å². The Bertz CT molecular complexity index is 970. The number of Topliss-reactive ketones (excluding diaryl/α,β-unsaturated/α-hetero) is 1. The minimum Gasteiger partial charge on any atom is -0.343 e. The predicted octanol–water partition coefficient (Wildman–Crippen LogP) is 1.90. The van der Waals surface area contributed by atoms with E-state index in [0.717, 1.165) is 36.2 Å². The number of hydrogen-bond donors (Lipinski definition) is 2. The molecule has 0 fully saturated rings. The molecule has 25 heavy (non-hydrogen) atoms. The van der Waals surface area contributed by atoms with Crippen molar-refractivity contribution in [3.05, 3.63) is 47.3 Å². The van der Waals surface area contributed by atoms with Gasteiger partial charge in [0.05, 0.1) is 11.3 Å². The van der Waals surface area contributed by atoms with Gasteiger partial charge in [-0.25, -0.2) is 0 Å². The molecule has 1 aliphatic heterocycles. The molecule has 0 atom stereocenters. The number of aromatic nitrogens is 2. The Kier molecular flexibility index (Phi) is 3.85. The van der Waals surface area contributed by atoms with Crippen LogP contribution in [0.3, 0.4) is 0 Å². The fourth-order valence-electron chi connectivity index (χ4n) is 3.35. The summed E-state index contributed by atoms with van der Waals surface area (Å²) < 4.78 is 7.11. The van der Waals surface area contributed by atoms with Gasteiger partial charge in [-0.2, -0.15) is 0 Å². The Morgan fingerprint density at radius 1 is 1.28 bits per heavy atom. The first-order chi connectivity index (χ1) is 12.1. The quantitative estimate of drug-likeness (QED) is 0.562. The summed E-state index contributed by atoms with van der Waals surface area (Å²) in [6.45, 7) is 4.13. The maximum absolute atomic E-state index is 12.9. The summed E-state index contributed by atoms with van der Waals surface area (Å²) in [6.07, 6.45) is 0.699. The van der Waals surface area contributed by atoms with Crippen LogP contribution in [0.4, 0.5) is 5.88 Å². The van der Waals surface area contributed by atoms with Crippen LogP contribution in [0.15, 0.2) is 34.9 Å². The third-order valence-electron chi connectivity index (χ3n) is 4.43. The van der Waals surface area contributed by atoms with Crippen LogP contribution >= 0.6 is 0 Å². The number of carbonyl (C=O) groups is 2. The molecule has 1 aromatic carbocycles. The van der Waals surface area contributed by atoms with E-state index in [1.807, 2.05) is 24.3 Å². The molecule has 7 nitrogen and oxygen atoms in total. The first-order valence-electron chi connectivity index (χ1n) is 8.25. The molecule has 1 aliphatic rings. The fourth-order valence-corrected chi connectivity index (χ4v) is 3.35. The van der Waals surface area contributed by atoms with E-state index < -0.39 is 11.7 Å². The van der Waals surface area contributed by atoms with E-state index in [-0.39, 0.29) is 5.88 Å². The first kappa shape index (κ1) is 15.6. The number of carbonyl (C=O) groups excluding carboxylic acids is 2. The summed E-state index contributed by atoms with van der Waals surface area (Å²) in [7, 11) is 0. The zero-order valence-corrected chi connectivity index (χ0v) is 13.8. The van der Waals surface area contributed by atoms with Crippen molar-refractivity contribution in [2.24, 2.45) is 0 Å². The van der Waals surface area contributed by atoms with Crippen molar-refractivity contribution in [3.8, 4) is 0 Å². The van der Waals surface area contributed by atoms with Crippen molar-refractivity contribution in [2.75, 3.05) is 18.4 Å². The van der Waals surface area contributed by atoms with Gasteiger partial charge in [0.1, 0.15) is 0 Å². The normalized spacial score (nSPS) is 14.1. The molecule has 4 rings (SSSR count). The molecule has 3 aromatic rings. The lowest BCUT2D eigenvalue weighted by Crippen LogP contribution is -2.24. The Morgan fingerprint density at radius 3 is 2.92 bits per heavy atom. The molecule has 2 aromatic heterocycles. The number of nitrogens with one attached hydrogen (secondary N) is 2. The van der Waals surface area contributed by atoms with Crippen molar-refractivity contribution in [1.82, 2.24) is 15.0 Å². The van der Waals surface area contributed by atoms with Gasteiger partial charge in [-0.1, -0.05) is 23.4 Å². The molecule has 0 saturated heterocycles. The summed E-state index contributed by atoms with van der Waals surface area (Å²) in [5.74, 6) is -1.10. The summed E-state index contributed by atoms with van der Waals surface area (Å²) in [6, 6.07) is 9.28. The zero-order chi connectivity index (χ0) is 17.4. The van der Waals surface area contributed by atoms with Crippen LogP contribution in [-0.2, 0) is 17.8 Å². The summed E-state index contributed by atoms with van der Waals surface area (Å²) in [5, 5.41) is 10.3. The van der Waals surface area contributed by atoms with E-state index in [0.29, 0.717) is 17.7 Å². The smallest absolute Gasteiger partial charge is 0.299 e. The Morgan fingerprint density at radius 2 is 2.12 bits per heavy atom. The number of para-hydroxylation sites is 1. The highest BCUT2D eigenvalue weighted by atomic mass is 16.5. The minimum atomic E-state index is -0.715. The highest BCUT2D eigenvalue weighted by molar-refractivity contribution is 6.48. The average molecular weight is 338 g/mol. The van der Waals surface area contributed by atoms with E-state index in [9.17, 15) is 9.59 Å². The topological polar surface area (TPSA) is 89.2 Å². The molecule has 7 heteroatoms. The SMILES string of the molecule is Cc1cc(NC(=O)C(=O)c2c3n(c4ccccc24)CCNCC3)on1. The number of fused-ring (bicyclic) bond motifs is 3. The molecule has 0 spiro atoms. The average Bonchev–Trinajstić information content (AvgIpc) is 3.05. The van der Waals surface area contributed by atoms with Gasteiger partial charge in [0.2, 0.25) is 5.88 Å². The van der Waals surface area contributed by atoms with E-state index in [2.05, 4.69) is 20.4 Å². The molecule has 0 aliphatic carbocycles. The maximum atomic E-state index is 12.9. The standard InChI is InChI=1S/C18H18N4O3/c1-11-10-15(25-21-11)20-18(24)17(23)16-12-4-2-3-5-13(12)22-9-8-19-7-6-14(16)22/h2-5,10,19H,6-9H2,1H3,(H,20,24). The van der Waals surface area contributed by atoms with Crippen LogP contribution in [0.1, 0.15) is 21.7 Å². The maximum Gasteiger partial charge on any atom is 0.299 e. The summed E-state index contributed by atoms with van der Waals surface area (Å²) >= 11 is 0. The van der Waals surface area contributed by atoms with Crippen LogP contribution in [0.5, 0.6) is 0 Å². The van der Waals surface area contributed by atoms with Gasteiger partial charge in [-0.05, 0) is 13.0 Å². The Hall–Kier alpha value is -2.93.